The van der Waals surface area contributed by atoms with Crippen molar-refractivity contribution in [2.75, 3.05) is 0 Å². The Hall–Kier alpha value is -2.02. The predicted octanol–water partition coefficient (Wildman–Crippen LogP) is 3.30. The Kier molecular flexibility index (Phi) is 3.48. The molecule has 1 heterocycles. The van der Waals surface area contributed by atoms with Gasteiger partial charge in [0.05, 0.1) is 16.9 Å². The van der Waals surface area contributed by atoms with Gasteiger partial charge in [-0.2, -0.15) is 5.10 Å². The molecule has 0 radical (unpaired) electrons. The summed E-state index contributed by atoms with van der Waals surface area (Å²) < 4.78 is 39.8. The van der Waals surface area contributed by atoms with E-state index in [1.807, 2.05) is 0 Å². The summed E-state index contributed by atoms with van der Waals surface area (Å²) in [5, 5.41) is 12.2. The Balaban J connectivity index is 2.62. The maximum absolute atomic E-state index is 13.3. The van der Waals surface area contributed by atoms with Gasteiger partial charge in [0.2, 0.25) is 0 Å². The molecule has 0 amide bonds. The number of alkyl halides is 2. The summed E-state index contributed by atoms with van der Waals surface area (Å²) in [6, 6.07) is 3.33. The van der Waals surface area contributed by atoms with Crippen LogP contribution in [0.15, 0.2) is 24.4 Å². The molecular formula is C11H6ClF3N2O2. The molecule has 8 heteroatoms. The van der Waals surface area contributed by atoms with Gasteiger partial charge in [-0.3, -0.25) is 0 Å². The van der Waals surface area contributed by atoms with E-state index < -0.39 is 29.5 Å². The van der Waals surface area contributed by atoms with Gasteiger partial charge in [-0.25, -0.2) is 22.6 Å². The van der Waals surface area contributed by atoms with Crippen molar-refractivity contribution in [1.29, 1.82) is 0 Å². The molecule has 100 valence electrons. The van der Waals surface area contributed by atoms with Crippen LogP contribution in [-0.4, -0.2) is 20.9 Å². The van der Waals surface area contributed by atoms with Crippen LogP contribution in [0.4, 0.5) is 13.2 Å². The maximum atomic E-state index is 13.3. The van der Waals surface area contributed by atoms with Crippen LogP contribution in [0.2, 0.25) is 5.02 Å². The zero-order chi connectivity index (χ0) is 14.2. The van der Waals surface area contributed by atoms with Gasteiger partial charge in [0, 0.05) is 6.07 Å². The number of nitrogens with zero attached hydrogens (tertiary/aromatic N) is 2. The van der Waals surface area contributed by atoms with Gasteiger partial charge in [-0.15, -0.1) is 0 Å². The second-order valence-corrected chi connectivity index (χ2v) is 3.97. The van der Waals surface area contributed by atoms with Gasteiger partial charge >= 0.3 is 5.97 Å². The lowest BCUT2D eigenvalue weighted by molar-refractivity contribution is 0.0683. The van der Waals surface area contributed by atoms with Gasteiger partial charge in [0.25, 0.3) is 6.43 Å². The fraction of sp³-hybridized carbons (Fsp3) is 0.0909. The van der Waals surface area contributed by atoms with Crippen molar-refractivity contribution in [3.8, 4) is 5.69 Å². The molecule has 0 saturated carbocycles. The van der Waals surface area contributed by atoms with Gasteiger partial charge in [0.1, 0.15) is 17.1 Å². The quantitative estimate of drug-likeness (QED) is 0.943. The maximum Gasteiger partial charge on any atom is 0.339 e. The molecule has 0 bridgehead atoms. The molecule has 0 saturated heterocycles. The third-order valence-corrected chi connectivity index (χ3v) is 2.70. The number of aromatic carboxylic acids is 1. The number of carbonyl (C=O) groups is 1. The highest BCUT2D eigenvalue weighted by Crippen LogP contribution is 2.27. The van der Waals surface area contributed by atoms with Crippen LogP contribution < -0.4 is 0 Å². The minimum Gasteiger partial charge on any atom is -0.478 e. The Morgan fingerprint density at radius 1 is 1.42 bits per heavy atom. The molecule has 0 aliphatic rings. The van der Waals surface area contributed by atoms with Crippen LogP contribution in [0.25, 0.3) is 5.69 Å². The van der Waals surface area contributed by atoms with Crippen LogP contribution in [0, 0.1) is 5.82 Å². The average molecular weight is 291 g/mol. The number of carboxylic acid groups (broad SMARTS) is 1. The monoisotopic (exact) mass is 290 g/mol. The van der Waals surface area contributed by atoms with E-state index in [0.29, 0.717) is 4.68 Å². The van der Waals surface area contributed by atoms with E-state index in [2.05, 4.69) is 5.10 Å². The third kappa shape index (κ3) is 2.41. The first kappa shape index (κ1) is 13.4. The Morgan fingerprint density at radius 2 is 2.11 bits per heavy atom. The number of hydrogen-bond acceptors (Lipinski definition) is 2. The summed E-state index contributed by atoms with van der Waals surface area (Å²) in [7, 11) is 0. The Labute approximate surface area is 110 Å². The lowest BCUT2D eigenvalue weighted by Crippen LogP contribution is -2.07. The fourth-order valence-corrected chi connectivity index (χ4v) is 1.67. The highest BCUT2D eigenvalue weighted by atomic mass is 35.5. The topological polar surface area (TPSA) is 55.1 Å². The first-order valence-electron chi connectivity index (χ1n) is 4.96. The fourth-order valence-electron chi connectivity index (χ4n) is 1.56. The minimum atomic E-state index is -3.06. The number of hydrogen-bond donors (Lipinski definition) is 1. The predicted molar refractivity (Wildman–Crippen MR) is 60.4 cm³/mol. The lowest BCUT2D eigenvalue weighted by Gasteiger charge is -2.08. The van der Waals surface area contributed by atoms with Crippen LogP contribution in [-0.2, 0) is 0 Å². The minimum absolute atomic E-state index is 0.0373. The molecule has 0 aliphatic heterocycles. The van der Waals surface area contributed by atoms with E-state index in [1.165, 1.54) is 12.1 Å². The summed E-state index contributed by atoms with van der Waals surface area (Å²) in [5.74, 6) is -2.34. The van der Waals surface area contributed by atoms with Gasteiger partial charge in [-0.1, -0.05) is 11.6 Å². The van der Waals surface area contributed by atoms with Gasteiger partial charge in [-0.05, 0) is 12.1 Å². The summed E-state index contributed by atoms with van der Waals surface area (Å²) in [5.41, 5.74) is -1.48. The van der Waals surface area contributed by atoms with E-state index in [9.17, 15) is 18.0 Å². The van der Waals surface area contributed by atoms with E-state index in [1.54, 1.807) is 0 Å². The largest absolute Gasteiger partial charge is 0.478 e. The van der Waals surface area contributed by atoms with Gasteiger partial charge in [0.15, 0.2) is 0 Å². The molecule has 0 spiro atoms. The first-order chi connectivity index (χ1) is 8.91. The summed E-state index contributed by atoms with van der Waals surface area (Å²) in [4.78, 5) is 10.8. The molecule has 2 rings (SSSR count). The van der Waals surface area contributed by atoms with E-state index in [4.69, 9.17) is 16.7 Å². The molecule has 1 N–H and O–H groups in total. The molecule has 0 atom stereocenters. The molecule has 0 fully saturated rings. The van der Waals surface area contributed by atoms with Crippen molar-refractivity contribution in [3.63, 3.8) is 0 Å². The van der Waals surface area contributed by atoms with Crippen molar-refractivity contribution in [3.05, 3.63) is 46.5 Å². The van der Waals surface area contributed by atoms with E-state index >= 15 is 0 Å². The zero-order valence-corrected chi connectivity index (χ0v) is 9.90. The number of carboxylic acids is 1. The van der Waals surface area contributed by atoms with Crippen LogP contribution in [0.5, 0.6) is 0 Å². The summed E-state index contributed by atoms with van der Waals surface area (Å²) in [6.07, 6.45) is -2.27. The zero-order valence-electron chi connectivity index (χ0n) is 9.15. The summed E-state index contributed by atoms with van der Waals surface area (Å²) >= 11 is 5.48. The molecular weight excluding hydrogens is 285 g/mol. The number of rotatable bonds is 3. The normalized spacial score (nSPS) is 11.0. The Morgan fingerprint density at radius 3 is 2.63 bits per heavy atom. The highest BCUT2D eigenvalue weighted by Gasteiger charge is 2.25. The average Bonchev–Trinajstić information content (AvgIpc) is 2.77. The molecule has 4 nitrogen and oxygen atoms in total. The second kappa shape index (κ2) is 4.93. The summed E-state index contributed by atoms with van der Waals surface area (Å²) in [6.45, 7) is 0. The van der Waals surface area contributed by atoms with Crippen molar-refractivity contribution >= 4 is 17.6 Å². The SMILES string of the molecule is O=C(O)c1cnn(-c2ccc(Cl)c(F)c2)c1C(F)F. The Bertz CT molecular complexity index is 643. The van der Waals surface area contributed by atoms with Crippen molar-refractivity contribution in [2.45, 2.75) is 6.43 Å². The third-order valence-electron chi connectivity index (χ3n) is 2.39. The number of halogens is 4. The van der Waals surface area contributed by atoms with Crippen molar-refractivity contribution < 1.29 is 23.1 Å². The van der Waals surface area contributed by atoms with Crippen LogP contribution in [0.3, 0.4) is 0 Å². The second-order valence-electron chi connectivity index (χ2n) is 3.56. The molecule has 2 aromatic rings. The van der Waals surface area contributed by atoms with Crippen molar-refractivity contribution in [2.24, 2.45) is 0 Å². The molecule has 1 aromatic carbocycles. The molecule has 0 aliphatic carbocycles. The molecule has 1 aromatic heterocycles. The first-order valence-corrected chi connectivity index (χ1v) is 5.34. The van der Waals surface area contributed by atoms with Crippen LogP contribution in [0.1, 0.15) is 22.5 Å². The van der Waals surface area contributed by atoms with Gasteiger partial charge < -0.3 is 5.11 Å². The number of aromatic nitrogens is 2. The van der Waals surface area contributed by atoms with E-state index in [0.717, 1.165) is 12.3 Å². The number of benzene rings is 1. The van der Waals surface area contributed by atoms with E-state index in [-0.39, 0.29) is 10.7 Å². The standard InChI is InChI=1S/C11H6ClF3N2O2/c12-7-2-1-5(3-8(7)13)17-9(10(14)15)6(4-16-17)11(18)19/h1-4,10H,(H,18,19). The lowest BCUT2D eigenvalue weighted by atomic mass is 10.2. The van der Waals surface area contributed by atoms with Crippen molar-refractivity contribution in [1.82, 2.24) is 9.78 Å². The molecule has 19 heavy (non-hydrogen) atoms. The van der Waals surface area contributed by atoms with Crippen LogP contribution >= 0.6 is 11.6 Å². The molecule has 0 unspecified atom stereocenters. The smallest absolute Gasteiger partial charge is 0.339 e. The highest BCUT2D eigenvalue weighted by molar-refractivity contribution is 6.30.